The third kappa shape index (κ3) is 4.56. The van der Waals surface area contributed by atoms with E-state index in [1.807, 2.05) is 39.8 Å². The molecular formula is C19H27NaO4. The molecule has 0 saturated carbocycles. The maximum Gasteiger partial charge on any atom is 1.00 e. The van der Waals surface area contributed by atoms with Crippen LogP contribution in [0.3, 0.4) is 0 Å². The van der Waals surface area contributed by atoms with Gasteiger partial charge in [0.1, 0.15) is 11.0 Å². The van der Waals surface area contributed by atoms with Crippen LogP contribution in [0.15, 0.2) is 34.6 Å². The molecule has 0 unspecified atom stereocenters. The van der Waals surface area contributed by atoms with E-state index >= 15 is 0 Å². The van der Waals surface area contributed by atoms with Crippen molar-refractivity contribution in [3.8, 4) is 0 Å². The second-order valence-corrected chi connectivity index (χ2v) is 6.95. The first kappa shape index (κ1) is 23.0. The fourth-order valence-corrected chi connectivity index (χ4v) is 2.52. The van der Waals surface area contributed by atoms with Crippen LogP contribution in [0.5, 0.6) is 0 Å². The summed E-state index contributed by atoms with van der Waals surface area (Å²) in [6, 6.07) is 0. The summed E-state index contributed by atoms with van der Waals surface area (Å²) in [6.07, 6.45) is 4.00. The van der Waals surface area contributed by atoms with Gasteiger partial charge in [0.05, 0.1) is 0 Å². The van der Waals surface area contributed by atoms with Crippen LogP contribution < -0.4 is 29.6 Å². The smallest absolute Gasteiger partial charge is 1.00 e. The fourth-order valence-electron chi connectivity index (χ4n) is 2.52. The van der Waals surface area contributed by atoms with Crippen LogP contribution in [0.2, 0.25) is 0 Å². The summed E-state index contributed by atoms with van der Waals surface area (Å²) in [4.78, 5) is 37.8. The normalized spacial score (nSPS) is 16.1. The molecule has 0 bridgehead atoms. The molecule has 0 amide bonds. The van der Waals surface area contributed by atoms with Crippen LogP contribution in [-0.4, -0.2) is 22.5 Å². The first-order chi connectivity index (χ1) is 10.5. The Morgan fingerprint density at radius 3 is 1.79 bits per heavy atom. The Labute approximate surface area is 167 Å². The monoisotopic (exact) mass is 342 g/mol. The molecule has 0 aromatic rings. The molecule has 0 saturated heterocycles. The van der Waals surface area contributed by atoms with E-state index in [0.29, 0.717) is 0 Å². The Bertz CT molecular complexity index is 614. The van der Waals surface area contributed by atoms with E-state index in [1.165, 1.54) is 0 Å². The van der Waals surface area contributed by atoms with E-state index in [2.05, 4.69) is 0 Å². The van der Waals surface area contributed by atoms with Gasteiger partial charge in [-0.1, -0.05) is 37.1 Å². The standard InChI is InChI=1S/C19H26O4.Na.H/c1-11(2)7-9-19(10-8-12(3)4)17(22)14(15(20)13(5)6)16(21)18(19)23;;/h7-8,13,21H,9-10H2,1-6H3;;/q;+1;-1. The van der Waals surface area contributed by atoms with Crippen molar-refractivity contribution in [3.63, 3.8) is 0 Å². The molecule has 0 aliphatic heterocycles. The van der Waals surface area contributed by atoms with E-state index in [1.54, 1.807) is 13.8 Å². The summed E-state index contributed by atoms with van der Waals surface area (Å²) in [5, 5.41) is 10.2. The van der Waals surface area contributed by atoms with Crippen molar-refractivity contribution in [3.05, 3.63) is 34.6 Å². The van der Waals surface area contributed by atoms with Crippen LogP contribution in [-0.2, 0) is 14.4 Å². The molecule has 4 nitrogen and oxygen atoms in total. The number of allylic oxidation sites excluding steroid dienone is 6. The van der Waals surface area contributed by atoms with Gasteiger partial charge >= 0.3 is 29.6 Å². The van der Waals surface area contributed by atoms with Crippen LogP contribution in [0.4, 0.5) is 0 Å². The maximum absolute atomic E-state index is 12.9. The minimum absolute atomic E-state index is 0. The van der Waals surface area contributed by atoms with Crippen LogP contribution in [0, 0.1) is 11.3 Å². The second-order valence-electron chi connectivity index (χ2n) is 6.95. The maximum atomic E-state index is 12.9. The molecule has 1 N–H and O–H groups in total. The Kier molecular flexibility index (Phi) is 8.57. The van der Waals surface area contributed by atoms with Crippen LogP contribution >= 0.6 is 0 Å². The number of hydrogen-bond donors (Lipinski definition) is 1. The van der Waals surface area contributed by atoms with E-state index < -0.39 is 34.4 Å². The van der Waals surface area contributed by atoms with Crippen molar-refractivity contribution in [1.29, 1.82) is 0 Å². The Balaban J connectivity index is 0. The summed E-state index contributed by atoms with van der Waals surface area (Å²) in [7, 11) is 0. The van der Waals surface area contributed by atoms with Crippen molar-refractivity contribution in [2.24, 2.45) is 11.3 Å². The fraction of sp³-hybridized carbons (Fsp3) is 0.526. The van der Waals surface area contributed by atoms with Gasteiger partial charge in [-0.25, -0.2) is 0 Å². The SMILES string of the molecule is CC(C)=CCC1(CC=C(C)C)C(=O)C(O)=C(C(=O)C(C)C)C1=O.[H-].[Na+]. The van der Waals surface area contributed by atoms with E-state index in [-0.39, 0.29) is 49.4 Å². The number of carbonyl (C=O) groups is 3. The molecule has 0 aromatic heterocycles. The largest absolute Gasteiger partial charge is 1.00 e. The quantitative estimate of drug-likeness (QED) is 0.338. The third-order valence-corrected chi connectivity index (χ3v) is 4.04. The molecule has 1 aliphatic carbocycles. The zero-order valence-electron chi connectivity index (χ0n) is 16.8. The number of rotatable bonds is 6. The third-order valence-electron chi connectivity index (χ3n) is 4.04. The predicted molar refractivity (Wildman–Crippen MR) is 91.2 cm³/mol. The van der Waals surface area contributed by atoms with E-state index in [0.717, 1.165) is 11.1 Å². The van der Waals surface area contributed by atoms with Gasteiger partial charge in [0.15, 0.2) is 17.3 Å². The Morgan fingerprint density at radius 2 is 1.46 bits per heavy atom. The zero-order valence-corrected chi connectivity index (χ0v) is 17.8. The van der Waals surface area contributed by atoms with Crippen LogP contribution in [0.1, 0.15) is 55.8 Å². The summed E-state index contributed by atoms with van der Waals surface area (Å²) in [5.74, 6) is -2.78. The molecule has 0 fully saturated rings. The minimum Gasteiger partial charge on any atom is -1.00 e. The summed E-state index contributed by atoms with van der Waals surface area (Å²) in [5.41, 5.74) is 0.239. The van der Waals surface area contributed by atoms with Crippen molar-refractivity contribution in [2.75, 3.05) is 0 Å². The van der Waals surface area contributed by atoms with Gasteiger partial charge in [0, 0.05) is 5.92 Å². The molecule has 1 rings (SSSR count). The van der Waals surface area contributed by atoms with Gasteiger partial charge in [-0.05, 0) is 40.5 Å². The first-order valence-electron chi connectivity index (χ1n) is 7.88. The van der Waals surface area contributed by atoms with Crippen molar-refractivity contribution < 1.29 is 50.5 Å². The molecule has 0 radical (unpaired) electrons. The summed E-state index contributed by atoms with van der Waals surface area (Å²) in [6.45, 7) is 10.8. The molecule has 128 valence electrons. The van der Waals surface area contributed by atoms with Gasteiger partial charge in [-0.3, -0.25) is 14.4 Å². The van der Waals surface area contributed by atoms with E-state index in [4.69, 9.17) is 0 Å². The Hall–Kier alpha value is -0.970. The number of carbonyl (C=O) groups excluding carboxylic acids is 3. The molecule has 1 aliphatic rings. The molecule has 5 heteroatoms. The predicted octanol–water partition coefficient (Wildman–Crippen LogP) is 0.991. The van der Waals surface area contributed by atoms with Gasteiger partial charge in [-0.15, -0.1) is 0 Å². The van der Waals surface area contributed by atoms with Crippen LogP contribution in [0.25, 0.3) is 0 Å². The number of Topliss-reactive ketones (excluding diaryl/α,β-unsaturated/α-hetero) is 3. The summed E-state index contributed by atoms with van der Waals surface area (Å²) >= 11 is 0. The topological polar surface area (TPSA) is 71.4 Å². The minimum atomic E-state index is -1.39. The average molecular weight is 342 g/mol. The number of aliphatic hydroxyl groups excluding tert-OH is 1. The Morgan fingerprint density at radius 1 is 1.04 bits per heavy atom. The number of hydrogen-bond acceptors (Lipinski definition) is 4. The molecule has 24 heavy (non-hydrogen) atoms. The molecule has 0 spiro atoms. The van der Waals surface area contributed by atoms with Gasteiger partial charge in [0.2, 0.25) is 5.78 Å². The molecule has 0 aromatic carbocycles. The van der Waals surface area contributed by atoms with Crippen molar-refractivity contribution in [1.82, 2.24) is 0 Å². The average Bonchev–Trinajstić information content (AvgIpc) is 2.63. The first-order valence-corrected chi connectivity index (χ1v) is 7.88. The van der Waals surface area contributed by atoms with Gasteiger partial charge in [0.25, 0.3) is 0 Å². The second kappa shape index (κ2) is 8.93. The van der Waals surface area contributed by atoms with Gasteiger partial charge < -0.3 is 6.53 Å². The van der Waals surface area contributed by atoms with Gasteiger partial charge in [-0.2, -0.15) is 0 Å². The summed E-state index contributed by atoms with van der Waals surface area (Å²) < 4.78 is 0. The number of ketones is 3. The zero-order chi connectivity index (χ0) is 17.9. The van der Waals surface area contributed by atoms with E-state index in [9.17, 15) is 19.5 Å². The van der Waals surface area contributed by atoms with Crippen molar-refractivity contribution in [2.45, 2.75) is 54.4 Å². The molecular weight excluding hydrogens is 315 g/mol. The molecule has 0 atom stereocenters. The number of aliphatic hydroxyl groups is 1. The molecule has 0 heterocycles. The van der Waals surface area contributed by atoms with Crippen molar-refractivity contribution >= 4 is 17.3 Å².